The van der Waals surface area contributed by atoms with Crippen molar-refractivity contribution in [1.29, 1.82) is 0 Å². The Hall–Kier alpha value is -3.49. The van der Waals surface area contributed by atoms with Crippen molar-refractivity contribution in [2.45, 2.75) is 26.2 Å². The van der Waals surface area contributed by atoms with Crippen LogP contribution in [0.15, 0.2) is 30.5 Å². The first-order chi connectivity index (χ1) is 15.3. The van der Waals surface area contributed by atoms with E-state index in [4.69, 9.17) is 0 Å². The van der Waals surface area contributed by atoms with E-state index in [1.165, 1.54) is 11.9 Å². The molecule has 2 aromatic heterocycles. The molecule has 2 N–H and O–H groups in total. The molecular weight excluding hydrogens is 418 g/mol. The molecule has 1 aliphatic heterocycles. The van der Waals surface area contributed by atoms with Crippen molar-refractivity contribution < 1.29 is 23.5 Å². The number of pyridine rings is 1. The summed E-state index contributed by atoms with van der Waals surface area (Å²) in [6.45, 7) is 2.74. The topological polar surface area (TPSA) is 86.9 Å². The quantitative estimate of drug-likeness (QED) is 0.642. The number of carbonyl (C=O) groups excluding carboxylic acids is 1. The molecule has 0 saturated carbocycles. The van der Waals surface area contributed by atoms with Gasteiger partial charge < -0.3 is 19.7 Å². The van der Waals surface area contributed by atoms with E-state index < -0.39 is 23.6 Å². The Bertz CT molecular complexity index is 1180. The SMILES string of the molecule is CNC(=O)c1cc(F)c(-c2nc3cc(C)ccn3c2CC2CCCN(C(=O)O)C2)c(F)c1. The lowest BCUT2D eigenvalue weighted by Gasteiger charge is -2.30. The van der Waals surface area contributed by atoms with Gasteiger partial charge in [-0.1, -0.05) is 0 Å². The van der Waals surface area contributed by atoms with Gasteiger partial charge >= 0.3 is 6.09 Å². The minimum absolute atomic E-state index is 0.00364. The van der Waals surface area contributed by atoms with Crippen LogP contribution in [0.1, 0.15) is 34.5 Å². The molecule has 2 amide bonds. The van der Waals surface area contributed by atoms with Gasteiger partial charge in [0.05, 0.1) is 17.0 Å². The van der Waals surface area contributed by atoms with Crippen LogP contribution in [0.2, 0.25) is 0 Å². The van der Waals surface area contributed by atoms with Gasteiger partial charge in [-0.05, 0) is 61.9 Å². The second-order valence-electron chi connectivity index (χ2n) is 8.17. The monoisotopic (exact) mass is 442 g/mol. The number of fused-ring (bicyclic) bond motifs is 1. The lowest BCUT2D eigenvalue weighted by Crippen LogP contribution is -2.39. The Morgan fingerprint density at radius 3 is 2.62 bits per heavy atom. The van der Waals surface area contributed by atoms with Gasteiger partial charge in [0.25, 0.3) is 5.91 Å². The van der Waals surface area contributed by atoms with E-state index in [2.05, 4.69) is 10.3 Å². The first-order valence-corrected chi connectivity index (χ1v) is 10.5. The number of carboxylic acid groups (broad SMARTS) is 1. The van der Waals surface area contributed by atoms with Gasteiger partial charge in [-0.2, -0.15) is 0 Å². The van der Waals surface area contributed by atoms with E-state index in [9.17, 15) is 14.7 Å². The lowest BCUT2D eigenvalue weighted by atomic mass is 9.92. The average Bonchev–Trinajstić information content (AvgIpc) is 3.09. The molecule has 0 bridgehead atoms. The highest BCUT2D eigenvalue weighted by atomic mass is 19.1. The summed E-state index contributed by atoms with van der Waals surface area (Å²) in [5.41, 5.74) is 1.88. The highest BCUT2D eigenvalue weighted by Gasteiger charge is 2.28. The second kappa shape index (κ2) is 8.57. The van der Waals surface area contributed by atoms with Crippen molar-refractivity contribution >= 4 is 17.6 Å². The number of aryl methyl sites for hydroxylation is 1. The molecule has 0 spiro atoms. The van der Waals surface area contributed by atoms with Crippen molar-refractivity contribution in [2.75, 3.05) is 20.1 Å². The normalized spacial score (nSPS) is 16.4. The zero-order chi connectivity index (χ0) is 23.0. The number of piperidine rings is 1. The zero-order valence-corrected chi connectivity index (χ0v) is 17.9. The van der Waals surface area contributed by atoms with Gasteiger partial charge in [0.1, 0.15) is 17.3 Å². The molecule has 1 saturated heterocycles. The van der Waals surface area contributed by atoms with Gasteiger partial charge in [0.2, 0.25) is 0 Å². The predicted molar refractivity (Wildman–Crippen MR) is 115 cm³/mol. The standard InChI is InChI=1S/C23H24F2N4O3/c1-13-5-7-29-18(9-14-4-3-6-28(12-14)23(31)32)21(27-19(29)8-13)20-16(24)10-15(11-17(20)25)22(30)26-2/h5,7-8,10-11,14H,3-4,6,9,12H2,1-2H3,(H,26,30)(H,31,32). The first kappa shape index (κ1) is 21.7. The molecule has 3 aromatic rings. The number of carbonyl (C=O) groups is 2. The number of amides is 2. The predicted octanol–water partition coefficient (Wildman–Crippen LogP) is 3.88. The zero-order valence-electron chi connectivity index (χ0n) is 17.9. The smallest absolute Gasteiger partial charge is 0.407 e. The summed E-state index contributed by atoms with van der Waals surface area (Å²) in [4.78, 5) is 29.2. The molecule has 32 heavy (non-hydrogen) atoms. The highest BCUT2D eigenvalue weighted by molar-refractivity contribution is 5.94. The molecule has 9 heteroatoms. The van der Waals surface area contributed by atoms with E-state index in [1.807, 2.05) is 25.3 Å². The number of nitrogens with one attached hydrogen (secondary N) is 1. The molecule has 7 nitrogen and oxygen atoms in total. The molecular formula is C23H24F2N4O3. The molecule has 168 valence electrons. The van der Waals surface area contributed by atoms with Crippen LogP contribution in [0.3, 0.4) is 0 Å². The minimum Gasteiger partial charge on any atom is -0.465 e. The average molecular weight is 442 g/mol. The van der Waals surface area contributed by atoms with E-state index in [0.717, 1.165) is 30.5 Å². The number of hydrogen-bond donors (Lipinski definition) is 2. The maximum Gasteiger partial charge on any atom is 0.407 e. The molecule has 4 rings (SSSR count). The third kappa shape index (κ3) is 4.02. The number of benzene rings is 1. The molecule has 3 heterocycles. The Morgan fingerprint density at radius 2 is 1.97 bits per heavy atom. The number of imidazole rings is 1. The van der Waals surface area contributed by atoms with Crippen LogP contribution in [-0.2, 0) is 6.42 Å². The van der Waals surface area contributed by atoms with Gasteiger partial charge in [0, 0.05) is 31.9 Å². The Morgan fingerprint density at radius 1 is 1.25 bits per heavy atom. The largest absolute Gasteiger partial charge is 0.465 e. The van der Waals surface area contributed by atoms with Crippen LogP contribution in [0.4, 0.5) is 13.6 Å². The van der Waals surface area contributed by atoms with Crippen LogP contribution in [0, 0.1) is 24.5 Å². The number of likely N-dealkylation sites (tertiary alicyclic amines) is 1. The molecule has 1 unspecified atom stereocenters. The number of aromatic nitrogens is 2. The molecule has 1 aromatic carbocycles. The van der Waals surface area contributed by atoms with Gasteiger partial charge in [-0.3, -0.25) is 4.79 Å². The van der Waals surface area contributed by atoms with Gasteiger partial charge in [-0.15, -0.1) is 0 Å². The fourth-order valence-electron chi connectivity index (χ4n) is 4.35. The van der Waals surface area contributed by atoms with Crippen LogP contribution in [0.5, 0.6) is 0 Å². The van der Waals surface area contributed by atoms with Crippen LogP contribution < -0.4 is 5.32 Å². The maximum absolute atomic E-state index is 15.1. The van der Waals surface area contributed by atoms with Gasteiger partial charge in [-0.25, -0.2) is 18.6 Å². The van der Waals surface area contributed by atoms with Crippen molar-refractivity contribution in [1.82, 2.24) is 19.6 Å². The van der Waals surface area contributed by atoms with E-state index in [0.29, 0.717) is 30.9 Å². The fourth-order valence-corrected chi connectivity index (χ4v) is 4.35. The summed E-state index contributed by atoms with van der Waals surface area (Å²) >= 11 is 0. The molecule has 1 fully saturated rings. The van der Waals surface area contributed by atoms with E-state index in [-0.39, 0.29) is 22.7 Å². The Kier molecular flexibility index (Phi) is 5.82. The summed E-state index contributed by atoms with van der Waals surface area (Å²) in [5.74, 6) is -2.34. The van der Waals surface area contributed by atoms with Crippen LogP contribution in [-0.4, -0.2) is 51.5 Å². The Labute approximate surface area is 183 Å². The minimum atomic E-state index is -0.967. The third-order valence-corrected chi connectivity index (χ3v) is 5.92. The molecule has 1 atom stereocenters. The van der Waals surface area contributed by atoms with Crippen molar-refractivity contribution in [2.24, 2.45) is 5.92 Å². The van der Waals surface area contributed by atoms with Crippen molar-refractivity contribution in [3.63, 3.8) is 0 Å². The fraction of sp³-hybridized carbons (Fsp3) is 0.348. The van der Waals surface area contributed by atoms with Crippen LogP contribution in [0.25, 0.3) is 16.9 Å². The number of nitrogens with zero attached hydrogens (tertiary/aromatic N) is 3. The van der Waals surface area contributed by atoms with Crippen LogP contribution >= 0.6 is 0 Å². The maximum atomic E-state index is 15.1. The lowest BCUT2D eigenvalue weighted by molar-refractivity contribution is 0.0962. The van der Waals surface area contributed by atoms with E-state index >= 15 is 8.78 Å². The highest BCUT2D eigenvalue weighted by Crippen LogP contribution is 2.33. The summed E-state index contributed by atoms with van der Waals surface area (Å²) in [6.07, 6.45) is 2.79. The number of hydrogen-bond acceptors (Lipinski definition) is 3. The summed E-state index contributed by atoms with van der Waals surface area (Å²) in [5, 5.41) is 11.7. The van der Waals surface area contributed by atoms with Crippen molar-refractivity contribution in [3.05, 3.63) is 58.9 Å². The summed E-state index contributed by atoms with van der Waals surface area (Å²) in [6, 6.07) is 5.71. The third-order valence-electron chi connectivity index (χ3n) is 5.92. The number of halogens is 2. The summed E-state index contributed by atoms with van der Waals surface area (Å²) in [7, 11) is 1.39. The Balaban J connectivity index is 1.82. The van der Waals surface area contributed by atoms with Gasteiger partial charge in [0.15, 0.2) is 0 Å². The molecule has 0 radical (unpaired) electrons. The van der Waals surface area contributed by atoms with Crippen molar-refractivity contribution in [3.8, 4) is 11.3 Å². The number of rotatable bonds is 4. The van der Waals surface area contributed by atoms with E-state index in [1.54, 1.807) is 4.40 Å². The first-order valence-electron chi connectivity index (χ1n) is 10.5. The second-order valence-corrected chi connectivity index (χ2v) is 8.17. The summed E-state index contributed by atoms with van der Waals surface area (Å²) < 4.78 is 31.9. The molecule has 1 aliphatic rings. The molecule has 0 aliphatic carbocycles.